The quantitative estimate of drug-likeness (QED) is 0.801. The number of piperidine rings is 1. The zero-order chi connectivity index (χ0) is 20.1. The Hall–Kier alpha value is -2.29. The summed E-state index contributed by atoms with van der Waals surface area (Å²) in [6.45, 7) is 1.25. The summed E-state index contributed by atoms with van der Waals surface area (Å²) in [5.41, 5.74) is 2.18. The lowest BCUT2D eigenvalue weighted by molar-refractivity contribution is 0.0948. The third kappa shape index (κ3) is 4.57. The van der Waals surface area contributed by atoms with Gasteiger partial charge in [0.2, 0.25) is 0 Å². The molecule has 2 aromatic rings. The van der Waals surface area contributed by atoms with Crippen LogP contribution in [-0.2, 0) is 16.8 Å². The molecule has 0 aliphatic carbocycles. The van der Waals surface area contributed by atoms with Crippen molar-refractivity contribution in [3.05, 3.63) is 65.5 Å². The first kappa shape index (κ1) is 20.4. The van der Waals surface area contributed by atoms with Gasteiger partial charge >= 0.3 is 0 Å². The maximum absolute atomic E-state index is 12.8. The molecular weight excluding hydrogens is 376 g/mol. The van der Waals surface area contributed by atoms with Crippen LogP contribution in [0.2, 0.25) is 0 Å². The Morgan fingerprint density at radius 1 is 1.21 bits per heavy atom. The van der Waals surface area contributed by atoms with Crippen LogP contribution in [0, 0.1) is 0 Å². The van der Waals surface area contributed by atoms with Gasteiger partial charge in [0.25, 0.3) is 16.1 Å². The number of nitrogens with one attached hydrogen (secondary N) is 1. The number of hydrogen-bond donors (Lipinski definition) is 1. The minimum Gasteiger partial charge on any atom is -0.348 e. The monoisotopic (exact) mass is 402 g/mol. The largest absolute Gasteiger partial charge is 0.348 e. The van der Waals surface area contributed by atoms with Crippen LogP contribution in [0.4, 0.5) is 0 Å². The summed E-state index contributed by atoms with van der Waals surface area (Å²) in [7, 11) is -0.422. The summed E-state index contributed by atoms with van der Waals surface area (Å²) in [5, 5.41) is 2.94. The van der Waals surface area contributed by atoms with Crippen molar-refractivity contribution in [1.82, 2.24) is 18.9 Å². The average molecular weight is 403 g/mol. The number of hydrogen-bond acceptors (Lipinski definition) is 4. The molecule has 1 fully saturated rings. The van der Waals surface area contributed by atoms with Crippen LogP contribution in [0.15, 0.2) is 48.7 Å². The predicted octanol–water partition coefficient (Wildman–Crippen LogP) is 2.00. The molecule has 1 aromatic carbocycles. The summed E-state index contributed by atoms with van der Waals surface area (Å²) in [6, 6.07) is 13.2. The van der Waals surface area contributed by atoms with Gasteiger partial charge in [-0.05, 0) is 30.5 Å². The molecule has 1 saturated heterocycles. The normalized spacial score (nSPS) is 18.2. The molecule has 7 nitrogen and oxygen atoms in total. The first-order valence-corrected chi connectivity index (χ1v) is 10.7. The third-order valence-electron chi connectivity index (χ3n) is 4.94. The molecule has 1 atom stereocenters. The molecule has 0 radical (unpaired) electrons. The highest BCUT2D eigenvalue weighted by atomic mass is 32.2. The molecule has 1 aromatic heterocycles. The smallest absolute Gasteiger partial charge is 0.281 e. The van der Waals surface area contributed by atoms with Crippen LogP contribution in [-0.4, -0.2) is 55.1 Å². The minimum atomic E-state index is -3.48. The topological polar surface area (TPSA) is 82.6 Å². The van der Waals surface area contributed by atoms with Crippen LogP contribution in [0.1, 0.15) is 40.4 Å². The lowest BCUT2D eigenvalue weighted by atomic mass is 9.92. The molecular formula is C20H26N4O3S. The number of benzene rings is 1. The second-order valence-corrected chi connectivity index (χ2v) is 9.23. The van der Waals surface area contributed by atoms with E-state index in [9.17, 15) is 13.2 Å². The van der Waals surface area contributed by atoms with Crippen molar-refractivity contribution in [3.63, 3.8) is 0 Å². The van der Waals surface area contributed by atoms with E-state index in [1.807, 2.05) is 30.3 Å². The van der Waals surface area contributed by atoms with Gasteiger partial charge in [0.15, 0.2) is 0 Å². The van der Waals surface area contributed by atoms with Gasteiger partial charge < -0.3 is 5.32 Å². The van der Waals surface area contributed by atoms with Crippen molar-refractivity contribution in [2.45, 2.75) is 25.3 Å². The Balaban J connectivity index is 1.77. The SMILES string of the molecule is CN(C)S(=O)(=O)N1CCC[C@H](c2ncccc2C(=O)NCc2ccccc2)C1. The van der Waals surface area contributed by atoms with Crippen LogP contribution in [0.3, 0.4) is 0 Å². The molecule has 8 heteroatoms. The van der Waals surface area contributed by atoms with E-state index in [0.717, 1.165) is 18.4 Å². The van der Waals surface area contributed by atoms with E-state index >= 15 is 0 Å². The second kappa shape index (κ2) is 8.81. The van der Waals surface area contributed by atoms with Gasteiger partial charge in [-0.3, -0.25) is 9.78 Å². The molecule has 1 aliphatic rings. The summed E-state index contributed by atoms with van der Waals surface area (Å²) < 4.78 is 27.7. The number of nitrogens with zero attached hydrogens (tertiary/aromatic N) is 3. The Morgan fingerprint density at radius 2 is 1.96 bits per heavy atom. The van der Waals surface area contributed by atoms with Gasteiger partial charge in [0, 0.05) is 45.8 Å². The Morgan fingerprint density at radius 3 is 2.68 bits per heavy atom. The summed E-state index contributed by atoms with van der Waals surface area (Å²) >= 11 is 0. The fourth-order valence-electron chi connectivity index (χ4n) is 3.41. The van der Waals surface area contributed by atoms with Crippen molar-refractivity contribution in [2.24, 2.45) is 0 Å². The molecule has 0 spiro atoms. The third-order valence-corrected chi connectivity index (χ3v) is 6.84. The maximum atomic E-state index is 12.8. The molecule has 0 bridgehead atoms. The Bertz CT molecular complexity index is 916. The number of carbonyl (C=O) groups is 1. The van der Waals surface area contributed by atoms with Gasteiger partial charge in [-0.15, -0.1) is 0 Å². The fourth-order valence-corrected chi connectivity index (χ4v) is 4.60. The minimum absolute atomic E-state index is 0.109. The first-order valence-electron chi connectivity index (χ1n) is 9.34. The van der Waals surface area contributed by atoms with E-state index in [2.05, 4.69) is 10.3 Å². The zero-order valence-corrected chi connectivity index (χ0v) is 17.0. The fraction of sp³-hybridized carbons (Fsp3) is 0.400. The highest BCUT2D eigenvalue weighted by Crippen LogP contribution is 2.29. The van der Waals surface area contributed by atoms with Crippen molar-refractivity contribution in [2.75, 3.05) is 27.2 Å². The number of amides is 1. The standard InChI is InChI=1S/C20H26N4O3S/c1-23(2)28(26,27)24-13-7-10-17(15-24)19-18(11-6-12-21-19)20(25)22-14-16-8-4-3-5-9-16/h3-6,8-9,11-12,17H,7,10,13-15H2,1-2H3,(H,22,25)/t17-/m0/s1. The van der Waals surface area contributed by atoms with Gasteiger partial charge in [0.05, 0.1) is 11.3 Å². The van der Waals surface area contributed by atoms with Gasteiger partial charge in [-0.25, -0.2) is 0 Å². The average Bonchev–Trinajstić information content (AvgIpc) is 2.72. The van der Waals surface area contributed by atoms with Crippen molar-refractivity contribution in [1.29, 1.82) is 0 Å². The summed E-state index contributed by atoms with van der Waals surface area (Å²) in [6.07, 6.45) is 3.19. The lowest BCUT2D eigenvalue weighted by Gasteiger charge is -2.33. The molecule has 3 rings (SSSR count). The first-order chi connectivity index (χ1) is 13.4. The van der Waals surface area contributed by atoms with Gasteiger partial charge in [-0.1, -0.05) is 30.3 Å². The molecule has 1 N–H and O–H groups in total. The zero-order valence-electron chi connectivity index (χ0n) is 16.2. The van der Waals surface area contributed by atoms with E-state index in [0.29, 0.717) is 30.9 Å². The summed E-state index contributed by atoms with van der Waals surface area (Å²) in [4.78, 5) is 17.2. The molecule has 0 unspecified atom stereocenters. The van der Waals surface area contributed by atoms with Crippen molar-refractivity contribution < 1.29 is 13.2 Å². The maximum Gasteiger partial charge on any atom is 0.281 e. The number of carbonyl (C=O) groups excluding carboxylic acids is 1. The molecule has 2 heterocycles. The van der Waals surface area contributed by atoms with Crippen molar-refractivity contribution >= 4 is 16.1 Å². The van der Waals surface area contributed by atoms with Gasteiger partial charge in [0.1, 0.15) is 0 Å². The van der Waals surface area contributed by atoms with Crippen LogP contribution in [0.25, 0.3) is 0 Å². The number of pyridine rings is 1. The molecule has 1 amide bonds. The molecule has 0 saturated carbocycles. The van der Waals surface area contributed by atoms with E-state index in [1.54, 1.807) is 18.3 Å². The Labute approximate surface area is 166 Å². The lowest BCUT2D eigenvalue weighted by Crippen LogP contribution is -2.45. The predicted molar refractivity (Wildman–Crippen MR) is 108 cm³/mol. The second-order valence-electron chi connectivity index (χ2n) is 7.09. The van der Waals surface area contributed by atoms with Crippen molar-refractivity contribution in [3.8, 4) is 0 Å². The molecule has 150 valence electrons. The van der Waals surface area contributed by atoms with Crippen LogP contribution in [0.5, 0.6) is 0 Å². The van der Waals surface area contributed by atoms with Crippen LogP contribution < -0.4 is 5.32 Å². The highest BCUT2D eigenvalue weighted by molar-refractivity contribution is 7.86. The highest BCUT2D eigenvalue weighted by Gasteiger charge is 2.33. The molecule has 1 aliphatic heterocycles. The number of rotatable bonds is 6. The Kier molecular flexibility index (Phi) is 6.43. The van der Waals surface area contributed by atoms with E-state index in [-0.39, 0.29) is 11.8 Å². The molecule has 28 heavy (non-hydrogen) atoms. The van der Waals surface area contributed by atoms with E-state index in [1.165, 1.54) is 22.7 Å². The van der Waals surface area contributed by atoms with E-state index < -0.39 is 10.2 Å². The van der Waals surface area contributed by atoms with Crippen LogP contribution >= 0.6 is 0 Å². The number of aromatic nitrogens is 1. The van der Waals surface area contributed by atoms with Gasteiger partial charge in [-0.2, -0.15) is 17.0 Å². The summed E-state index contributed by atoms with van der Waals surface area (Å²) in [5.74, 6) is -0.304. The van der Waals surface area contributed by atoms with E-state index in [4.69, 9.17) is 0 Å².